The number of nitrogens with zero attached hydrogens (tertiary/aromatic N) is 4. The summed E-state index contributed by atoms with van der Waals surface area (Å²) < 4.78 is 7.46. The molecule has 4 aromatic heterocycles. The zero-order valence-corrected chi connectivity index (χ0v) is 32.1. The molecule has 57 heavy (non-hydrogen) atoms. The van der Waals surface area contributed by atoms with E-state index in [1.54, 1.807) is 0 Å². The highest BCUT2D eigenvalue weighted by molar-refractivity contribution is 7.26. The lowest BCUT2D eigenvalue weighted by Crippen LogP contribution is -2.00. The average Bonchev–Trinajstić information content (AvgIpc) is 3.96. The summed E-state index contributed by atoms with van der Waals surface area (Å²) in [5.41, 5.74) is 9.05. The fourth-order valence-corrected chi connectivity index (χ4v) is 10.9. The molecule has 0 N–H and O–H groups in total. The SMILES string of the molecule is c1ccc(-c2nc(-c3ccccc3)nc(-c3cccc4sc5cc(-c6cccc7sc8c(-n9c%10ccccc%10c%10ccccc%109)cccc8c67)ccc5c34)n2)cc1. The predicted molar refractivity (Wildman–Crippen MR) is 242 cm³/mol. The van der Waals surface area contributed by atoms with Crippen molar-refractivity contribution in [2.24, 2.45) is 0 Å². The number of hydrogen-bond acceptors (Lipinski definition) is 5. The normalized spacial score (nSPS) is 11.9. The molecule has 4 nitrogen and oxygen atoms in total. The minimum Gasteiger partial charge on any atom is -0.308 e. The van der Waals surface area contributed by atoms with Gasteiger partial charge in [-0.15, -0.1) is 22.7 Å². The minimum atomic E-state index is 0.663. The Balaban J connectivity index is 1.03. The summed E-state index contributed by atoms with van der Waals surface area (Å²) in [6.45, 7) is 0. The van der Waals surface area contributed by atoms with Gasteiger partial charge < -0.3 is 4.57 Å². The summed E-state index contributed by atoms with van der Waals surface area (Å²) in [5, 5.41) is 7.50. The second kappa shape index (κ2) is 12.8. The van der Waals surface area contributed by atoms with Crippen LogP contribution in [0.2, 0.25) is 0 Å². The van der Waals surface area contributed by atoms with E-state index in [9.17, 15) is 0 Å². The van der Waals surface area contributed by atoms with Crippen LogP contribution in [0.1, 0.15) is 0 Å². The standard InChI is InChI=1S/C51H30N4S2/c1-3-14-31(15-4-1)49-52-50(32-16-5-2-6-17-32)54-51(53-49)39-22-13-26-43-47(39)37-29-28-33(30-45(37)56-43)34-20-12-27-44-46(34)38-21-11-25-42(48(38)57-44)55-40-23-9-7-18-35(40)36-19-8-10-24-41(36)55/h1-30H. The van der Waals surface area contributed by atoms with Crippen molar-refractivity contribution in [3.63, 3.8) is 0 Å². The van der Waals surface area contributed by atoms with E-state index in [4.69, 9.17) is 15.0 Å². The summed E-state index contributed by atoms with van der Waals surface area (Å²) in [5.74, 6) is 2.00. The van der Waals surface area contributed by atoms with Crippen LogP contribution in [0, 0.1) is 0 Å². The molecule has 0 fully saturated rings. The molecule has 0 bridgehead atoms. The topological polar surface area (TPSA) is 43.6 Å². The molecule has 12 aromatic rings. The van der Waals surface area contributed by atoms with Crippen molar-refractivity contribution in [1.29, 1.82) is 0 Å². The van der Waals surface area contributed by atoms with Crippen LogP contribution >= 0.6 is 22.7 Å². The monoisotopic (exact) mass is 762 g/mol. The Labute approximate surface area is 335 Å². The van der Waals surface area contributed by atoms with Crippen LogP contribution in [-0.2, 0) is 0 Å². The first-order chi connectivity index (χ1) is 28.3. The second-order valence-corrected chi connectivity index (χ2v) is 16.5. The largest absolute Gasteiger partial charge is 0.308 e. The highest BCUT2D eigenvalue weighted by atomic mass is 32.1. The Morgan fingerprint density at radius 1 is 0.351 bits per heavy atom. The Kier molecular flexibility index (Phi) is 7.24. The van der Waals surface area contributed by atoms with Crippen LogP contribution in [0.5, 0.6) is 0 Å². The summed E-state index contributed by atoms with van der Waals surface area (Å²) in [4.78, 5) is 15.1. The zero-order valence-electron chi connectivity index (χ0n) is 30.4. The maximum absolute atomic E-state index is 5.10. The Bertz CT molecular complexity index is 3410. The molecule has 8 aromatic carbocycles. The van der Waals surface area contributed by atoms with Crippen molar-refractivity contribution in [2.75, 3.05) is 0 Å². The van der Waals surface area contributed by atoms with Gasteiger partial charge in [-0.3, -0.25) is 0 Å². The molecule has 266 valence electrons. The van der Waals surface area contributed by atoms with Crippen LogP contribution in [0.3, 0.4) is 0 Å². The molecule has 0 saturated heterocycles. The first kappa shape index (κ1) is 32.3. The third kappa shape index (κ3) is 5.08. The number of hydrogen-bond donors (Lipinski definition) is 0. The summed E-state index contributed by atoms with van der Waals surface area (Å²) in [6.07, 6.45) is 0. The third-order valence-corrected chi connectivity index (χ3v) is 13.4. The van der Waals surface area contributed by atoms with Crippen LogP contribution in [-0.4, -0.2) is 19.5 Å². The summed E-state index contributed by atoms with van der Waals surface area (Å²) in [7, 11) is 0. The van der Waals surface area contributed by atoms with E-state index < -0.39 is 0 Å². The molecule has 0 spiro atoms. The zero-order chi connectivity index (χ0) is 37.5. The molecule has 0 atom stereocenters. The molecule has 6 heteroatoms. The lowest BCUT2D eigenvalue weighted by Gasteiger charge is -2.10. The smallest absolute Gasteiger partial charge is 0.164 e. The van der Waals surface area contributed by atoms with E-state index in [0.717, 1.165) is 16.7 Å². The van der Waals surface area contributed by atoms with Gasteiger partial charge in [0, 0.05) is 63.1 Å². The first-order valence-corrected chi connectivity index (χ1v) is 20.7. The Morgan fingerprint density at radius 2 is 0.895 bits per heavy atom. The van der Waals surface area contributed by atoms with E-state index >= 15 is 0 Å². The highest BCUT2D eigenvalue weighted by Crippen LogP contribution is 2.46. The molecule has 4 heterocycles. The van der Waals surface area contributed by atoms with Gasteiger partial charge in [-0.05, 0) is 47.5 Å². The lowest BCUT2D eigenvalue weighted by atomic mass is 9.97. The van der Waals surface area contributed by atoms with Crippen LogP contribution < -0.4 is 0 Å². The van der Waals surface area contributed by atoms with Crippen molar-refractivity contribution in [2.45, 2.75) is 0 Å². The van der Waals surface area contributed by atoms with Crippen LogP contribution in [0.25, 0.3) is 113 Å². The van der Waals surface area contributed by atoms with Crippen LogP contribution in [0.4, 0.5) is 0 Å². The van der Waals surface area contributed by atoms with E-state index in [1.165, 1.54) is 79.0 Å². The lowest BCUT2D eigenvalue weighted by molar-refractivity contribution is 1.08. The van der Waals surface area contributed by atoms with Gasteiger partial charge in [-0.1, -0.05) is 146 Å². The van der Waals surface area contributed by atoms with E-state index in [-0.39, 0.29) is 0 Å². The molecule has 12 rings (SSSR count). The van der Waals surface area contributed by atoms with Gasteiger partial charge in [0.15, 0.2) is 17.5 Å². The molecule has 0 aliphatic carbocycles. The fourth-order valence-electron chi connectivity index (χ4n) is 8.54. The van der Waals surface area contributed by atoms with Crippen molar-refractivity contribution < 1.29 is 0 Å². The van der Waals surface area contributed by atoms with E-state index in [0.29, 0.717) is 17.5 Å². The highest BCUT2D eigenvalue weighted by Gasteiger charge is 2.20. The van der Waals surface area contributed by atoms with Gasteiger partial charge in [-0.2, -0.15) is 0 Å². The average molecular weight is 763 g/mol. The number of rotatable bonds is 5. The van der Waals surface area contributed by atoms with Gasteiger partial charge in [0.1, 0.15) is 0 Å². The molecule has 0 aliphatic rings. The second-order valence-electron chi connectivity index (χ2n) is 14.3. The first-order valence-electron chi connectivity index (χ1n) is 19.0. The fraction of sp³-hybridized carbons (Fsp3) is 0. The molecule has 0 unspecified atom stereocenters. The van der Waals surface area contributed by atoms with Gasteiger partial charge >= 0.3 is 0 Å². The summed E-state index contributed by atoms with van der Waals surface area (Å²) in [6, 6.07) is 64.8. The molecule has 0 saturated carbocycles. The van der Waals surface area contributed by atoms with Crippen molar-refractivity contribution in [3.05, 3.63) is 182 Å². The molecular weight excluding hydrogens is 733 g/mol. The minimum absolute atomic E-state index is 0.663. The maximum atomic E-state index is 5.10. The molecule has 0 aliphatic heterocycles. The number of aromatic nitrogens is 4. The molecule has 0 amide bonds. The number of para-hydroxylation sites is 2. The summed E-state index contributed by atoms with van der Waals surface area (Å²) >= 11 is 3.70. The van der Waals surface area contributed by atoms with Gasteiger partial charge in [0.2, 0.25) is 0 Å². The third-order valence-electron chi connectivity index (χ3n) is 11.1. The van der Waals surface area contributed by atoms with Gasteiger partial charge in [-0.25, -0.2) is 15.0 Å². The number of thiophene rings is 2. The van der Waals surface area contributed by atoms with Gasteiger partial charge in [0.05, 0.1) is 21.4 Å². The molecule has 0 radical (unpaired) electrons. The van der Waals surface area contributed by atoms with E-state index in [1.807, 2.05) is 59.1 Å². The Hall–Kier alpha value is -6.99. The molecular formula is C51H30N4S2. The van der Waals surface area contributed by atoms with Crippen molar-refractivity contribution in [3.8, 4) is 51.0 Å². The van der Waals surface area contributed by atoms with Crippen molar-refractivity contribution in [1.82, 2.24) is 19.5 Å². The van der Waals surface area contributed by atoms with Crippen molar-refractivity contribution >= 4 is 84.8 Å². The number of fused-ring (bicyclic) bond motifs is 9. The quantitative estimate of drug-likeness (QED) is 0.175. The number of benzene rings is 8. The van der Waals surface area contributed by atoms with Crippen LogP contribution in [0.15, 0.2) is 182 Å². The Morgan fingerprint density at radius 3 is 1.58 bits per heavy atom. The van der Waals surface area contributed by atoms with Gasteiger partial charge in [0.25, 0.3) is 0 Å². The predicted octanol–water partition coefficient (Wildman–Crippen LogP) is 14.4. The maximum Gasteiger partial charge on any atom is 0.164 e. The van der Waals surface area contributed by atoms with E-state index in [2.05, 4.69) is 150 Å².